The number of nitrogens with zero attached hydrogens (tertiary/aromatic N) is 1. The van der Waals surface area contributed by atoms with Crippen LogP contribution in [0.1, 0.15) is 0 Å². The van der Waals surface area contributed by atoms with Crippen molar-refractivity contribution < 1.29 is 14.7 Å². The van der Waals surface area contributed by atoms with Crippen LogP contribution in [0.5, 0.6) is 0 Å². The Labute approximate surface area is 67.9 Å². The summed E-state index contributed by atoms with van der Waals surface area (Å²) in [6.45, 7) is 3.55. The third-order valence-electron chi connectivity index (χ3n) is 1.22. The van der Waals surface area contributed by atoms with E-state index in [1.54, 1.807) is 0 Å². The lowest BCUT2D eigenvalue weighted by Crippen LogP contribution is -2.31. The summed E-state index contributed by atoms with van der Waals surface area (Å²) in [4.78, 5) is 22.7. The average molecular weight is 173 g/mol. The first kappa shape index (κ1) is 8.29. The standard InChI is InChI=1S/C6H7NO3S/c1-2-3-7-4(8)5(9)11-6(7)10/h2,5,9H,1,3H2. The second kappa shape index (κ2) is 3.06. The van der Waals surface area contributed by atoms with Crippen molar-refractivity contribution in [3.05, 3.63) is 12.7 Å². The number of aliphatic hydroxyl groups excluding tert-OH is 1. The monoisotopic (exact) mass is 173 g/mol. The van der Waals surface area contributed by atoms with Gasteiger partial charge in [-0.3, -0.25) is 14.5 Å². The van der Waals surface area contributed by atoms with Crippen molar-refractivity contribution in [2.75, 3.05) is 6.54 Å². The highest BCUT2D eigenvalue weighted by atomic mass is 32.2. The molecule has 0 aliphatic carbocycles. The predicted molar refractivity (Wildman–Crippen MR) is 40.9 cm³/mol. The summed E-state index contributed by atoms with van der Waals surface area (Å²) < 4.78 is 0. The zero-order valence-electron chi connectivity index (χ0n) is 5.69. The van der Waals surface area contributed by atoms with Crippen LogP contribution in [-0.4, -0.2) is 33.1 Å². The molecule has 0 spiro atoms. The van der Waals surface area contributed by atoms with Crippen molar-refractivity contribution in [1.29, 1.82) is 0 Å². The second-order valence-corrected chi connectivity index (χ2v) is 3.01. The Morgan fingerprint density at radius 1 is 1.73 bits per heavy atom. The van der Waals surface area contributed by atoms with Crippen LogP contribution in [-0.2, 0) is 4.79 Å². The molecule has 11 heavy (non-hydrogen) atoms. The van der Waals surface area contributed by atoms with Crippen LogP contribution in [0.15, 0.2) is 12.7 Å². The molecule has 1 rings (SSSR count). The Morgan fingerprint density at radius 3 is 2.73 bits per heavy atom. The minimum Gasteiger partial charge on any atom is -0.373 e. The summed E-state index contributed by atoms with van der Waals surface area (Å²) in [6.07, 6.45) is 1.44. The molecule has 1 fully saturated rings. The van der Waals surface area contributed by atoms with E-state index in [0.29, 0.717) is 11.8 Å². The topological polar surface area (TPSA) is 57.6 Å². The van der Waals surface area contributed by atoms with E-state index in [2.05, 4.69) is 6.58 Å². The van der Waals surface area contributed by atoms with E-state index in [4.69, 9.17) is 5.11 Å². The fourth-order valence-corrected chi connectivity index (χ4v) is 1.44. The molecular weight excluding hydrogens is 166 g/mol. The first-order valence-electron chi connectivity index (χ1n) is 2.97. The van der Waals surface area contributed by atoms with Gasteiger partial charge in [0.05, 0.1) is 0 Å². The fourth-order valence-electron chi connectivity index (χ4n) is 0.726. The third-order valence-corrected chi connectivity index (χ3v) is 2.07. The summed E-state index contributed by atoms with van der Waals surface area (Å²) in [7, 11) is 0. The number of thioether (sulfide) groups is 1. The normalized spacial score (nSPS) is 24.5. The smallest absolute Gasteiger partial charge is 0.291 e. The number of imide groups is 1. The predicted octanol–water partition coefficient (Wildman–Crippen LogP) is 0.186. The molecule has 4 nitrogen and oxygen atoms in total. The van der Waals surface area contributed by atoms with Gasteiger partial charge in [-0.15, -0.1) is 6.58 Å². The number of hydrogen-bond acceptors (Lipinski definition) is 4. The van der Waals surface area contributed by atoms with Crippen LogP contribution in [0.2, 0.25) is 0 Å². The van der Waals surface area contributed by atoms with E-state index in [9.17, 15) is 9.59 Å². The molecule has 0 aromatic rings. The maximum atomic E-state index is 10.9. The van der Waals surface area contributed by atoms with Gasteiger partial charge >= 0.3 is 0 Å². The van der Waals surface area contributed by atoms with E-state index in [1.165, 1.54) is 6.08 Å². The highest BCUT2D eigenvalue weighted by molar-refractivity contribution is 8.15. The molecule has 0 saturated carbocycles. The Morgan fingerprint density at radius 2 is 2.36 bits per heavy atom. The van der Waals surface area contributed by atoms with Crippen LogP contribution in [0.3, 0.4) is 0 Å². The number of hydrogen-bond donors (Lipinski definition) is 1. The van der Waals surface area contributed by atoms with E-state index in [-0.39, 0.29) is 6.54 Å². The third kappa shape index (κ3) is 1.44. The van der Waals surface area contributed by atoms with E-state index >= 15 is 0 Å². The van der Waals surface area contributed by atoms with E-state index < -0.39 is 16.6 Å². The number of rotatable bonds is 2. The molecule has 1 atom stereocenters. The van der Waals surface area contributed by atoms with Crippen molar-refractivity contribution in [1.82, 2.24) is 4.90 Å². The maximum absolute atomic E-state index is 10.9. The molecule has 1 heterocycles. The summed E-state index contributed by atoms with van der Waals surface area (Å²) in [5, 5.41) is 8.47. The van der Waals surface area contributed by atoms with Crippen LogP contribution in [0.4, 0.5) is 4.79 Å². The molecule has 1 unspecified atom stereocenters. The van der Waals surface area contributed by atoms with Gasteiger partial charge in [-0.1, -0.05) is 6.08 Å². The lowest BCUT2D eigenvalue weighted by molar-refractivity contribution is -0.131. The molecule has 0 aromatic heterocycles. The zero-order valence-corrected chi connectivity index (χ0v) is 6.50. The highest BCUT2D eigenvalue weighted by Gasteiger charge is 2.37. The molecule has 0 bridgehead atoms. The molecule has 1 aliphatic rings. The van der Waals surface area contributed by atoms with Gasteiger partial charge in [0, 0.05) is 6.54 Å². The average Bonchev–Trinajstić information content (AvgIpc) is 2.17. The van der Waals surface area contributed by atoms with Crippen LogP contribution in [0, 0.1) is 0 Å². The van der Waals surface area contributed by atoms with E-state index in [1.807, 2.05) is 0 Å². The van der Waals surface area contributed by atoms with Gasteiger partial charge in [-0.05, 0) is 11.8 Å². The summed E-state index contributed by atoms with van der Waals surface area (Å²) in [5.41, 5.74) is -1.22. The SMILES string of the molecule is C=CCN1C(=O)SC(O)C1=O. The van der Waals surface area contributed by atoms with Gasteiger partial charge in [0.25, 0.3) is 11.1 Å². The van der Waals surface area contributed by atoms with Crippen molar-refractivity contribution >= 4 is 22.9 Å². The number of amides is 2. The highest BCUT2D eigenvalue weighted by Crippen LogP contribution is 2.24. The quantitative estimate of drug-likeness (QED) is 0.605. The van der Waals surface area contributed by atoms with Gasteiger partial charge in [0.2, 0.25) is 0 Å². The first-order valence-corrected chi connectivity index (χ1v) is 3.85. The molecular formula is C6H7NO3S. The second-order valence-electron chi connectivity index (χ2n) is 1.97. The van der Waals surface area contributed by atoms with Gasteiger partial charge in [-0.25, -0.2) is 0 Å². The Kier molecular flexibility index (Phi) is 2.31. The Bertz CT molecular complexity index is 216. The minimum absolute atomic E-state index is 0.168. The van der Waals surface area contributed by atoms with Crippen molar-refractivity contribution in [2.45, 2.75) is 5.44 Å². The molecule has 1 aliphatic heterocycles. The Balaban J connectivity index is 2.71. The fraction of sp³-hybridized carbons (Fsp3) is 0.333. The van der Waals surface area contributed by atoms with Crippen LogP contribution >= 0.6 is 11.8 Å². The molecule has 0 radical (unpaired) electrons. The largest absolute Gasteiger partial charge is 0.373 e. The Hall–Kier alpha value is -0.810. The minimum atomic E-state index is -1.22. The maximum Gasteiger partial charge on any atom is 0.291 e. The van der Waals surface area contributed by atoms with Gasteiger partial charge in [0.1, 0.15) is 0 Å². The summed E-state index contributed by atoms with van der Waals surface area (Å²) >= 11 is 0.622. The molecule has 1 N–H and O–H groups in total. The van der Waals surface area contributed by atoms with Gasteiger partial charge < -0.3 is 5.11 Å². The van der Waals surface area contributed by atoms with Crippen LogP contribution < -0.4 is 0 Å². The van der Waals surface area contributed by atoms with Crippen molar-refractivity contribution in [2.24, 2.45) is 0 Å². The lowest BCUT2D eigenvalue weighted by atomic mass is 10.5. The van der Waals surface area contributed by atoms with E-state index in [0.717, 1.165) is 4.90 Å². The zero-order chi connectivity index (χ0) is 8.43. The molecule has 60 valence electrons. The molecule has 5 heteroatoms. The molecule has 2 amide bonds. The van der Waals surface area contributed by atoms with Crippen LogP contribution in [0.25, 0.3) is 0 Å². The number of carbonyl (C=O) groups is 2. The van der Waals surface area contributed by atoms with Gasteiger partial charge in [-0.2, -0.15) is 0 Å². The molecule has 1 saturated heterocycles. The van der Waals surface area contributed by atoms with Gasteiger partial charge in [0.15, 0.2) is 5.44 Å². The van der Waals surface area contributed by atoms with Crippen molar-refractivity contribution in [3.63, 3.8) is 0 Å². The lowest BCUT2D eigenvalue weighted by Gasteiger charge is -2.07. The molecule has 0 aromatic carbocycles. The summed E-state index contributed by atoms with van der Waals surface area (Å²) in [5.74, 6) is -0.556. The summed E-state index contributed by atoms with van der Waals surface area (Å²) in [6, 6.07) is 0. The first-order chi connectivity index (χ1) is 5.16. The van der Waals surface area contributed by atoms with Crippen molar-refractivity contribution in [3.8, 4) is 0 Å². The number of aliphatic hydroxyl groups is 1. The number of carbonyl (C=O) groups excluding carboxylic acids is 2.